The van der Waals surface area contributed by atoms with Gasteiger partial charge in [-0.25, -0.2) is 0 Å². The van der Waals surface area contributed by atoms with Gasteiger partial charge in [0.25, 0.3) is 0 Å². The summed E-state index contributed by atoms with van der Waals surface area (Å²) in [7, 11) is 0. The summed E-state index contributed by atoms with van der Waals surface area (Å²) in [6.45, 7) is 0. The van der Waals surface area contributed by atoms with Crippen LogP contribution in [0.3, 0.4) is 0 Å². The number of carbonyl (C=O) groups excluding carboxylic acids is 1. The van der Waals surface area contributed by atoms with Crippen molar-refractivity contribution in [1.29, 1.82) is 0 Å². The third kappa shape index (κ3) is 1.85. The smallest absolute Gasteiger partial charge is 0.225 e. The lowest BCUT2D eigenvalue weighted by atomic mass is 9.92. The SMILES string of the molecule is O=C(NC1CCC1)C1CCCC1O. The highest BCUT2D eigenvalue weighted by Crippen LogP contribution is 2.27. The van der Waals surface area contributed by atoms with E-state index < -0.39 is 0 Å². The molecule has 2 atom stereocenters. The van der Waals surface area contributed by atoms with Gasteiger partial charge in [0.1, 0.15) is 0 Å². The van der Waals surface area contributed by atoms with E-state index in [2.05, 4.69) is 5.32 Å². The second kappa shape index (κ2) is 3.66. The Bertz CT molecular complexity index is 201. The minimum Gasteiger partial charge on any atom is -0.392 e. The lowest BCUT2D eigenvalue weighted by Crippen LogP contribution is -2.44. The molecular formula is C10H17NO2. The van der Waals surface area contributed by atoms with E-state index in [9.17, 15) is 9.90 Å². The van der Waals surface area contributed by atoms with Gasteiger partial charge in [0, 0.05) is 6.04 Å². The summed E-state index contributed by atoms with van der Waals surface area (Å²) in [6.07, 6.45) is 5.73. The average Bonchev–Trinajstić information content (AvgIpc) is 2.43. The van der Waals surface area contributed by atoms with Crippen molar-refractivity contribution in [2.24, 2.45) is 5.92 Å². The number of hydrogen-bond acceptors (Lipinski definition) is 2. The molecule has 3 nitrogen and oxygen atoms in total. The number of aliphatic hydroxyl groups excluding tert-OH is 1. The molecule has 2 saturated carbocycles. The maximum atomic E-state index is 11.6. The molecule has 0 saturated heterocycles. The van der Waals surface area contributed by atoms with Crippen LogP contribution in [-0.2, 0) is 4.79 Å². The summed E-state index contributed by atoms with van der Waals surface area (Å²) in [5, 5.41) is 12.5. The molecule has 0 aromatic heterocycles. The highest BCUT2D eigenvalue weighted by atomic mass is 16.3. The Balaban J connectivity index is 1.81. The highest BCUT2D eigenvalue weighted by Gasteiger charge is 2.33. The van der Waals surface area contributed by atoms with E-state index in [4.69, 9.17) is 0 Å². The zero-order chi connectivity index (χ0) is 9.26. The third-order valence-electron chi connectivity index (χ3n) is 3.27. The summed E-state index contributed by atoms with van der Waals surface area (Å²) in [5.74, 6) is -0.0460. The fourth-order valence-corrected chi connectivity index (χ4v) is 2.11. The maximum absolute atomic E-state index is 11.6. The summed E-state index contributed by atoms with van der Waals surface area (Å²) >= 11 is 0. The van der Waals surface area contributed by atoms with Crippen molar-refractivity contribution in [1.82, 2.24) is 5.32 Å². The zero-order valence-electron chi connectivity index (χ0n) is 7.83. The lowest BCUT2D eigenvalue weighted by molar-refractivity contribution is -0.128. The molecule has 2 rings (SSSR count). The first-order valence-corrected chi connectivity index (χ1v) is 5.26. The molecule has 1 amide bonds. The summed E-state index contributed by atoms with van der Waals surface area (Å²) in [5.41, 5.74) is 0. The molecule has 13 heavy (non-hydrogen) atoms. The second-order valence-electron chi connectivity index (χ2n) is 4.24. The Morgan fingerprint density at radius 2 is 1.85 bits per heavy atom. The van der Waals surface area contributed by atoms with Gasteiger partial charge in [0.05, 0.1) is 12.0 Å². The van der Waals surface area contributed by atoms with Crippen LogP contribution in [0.4, 0.5) is 0 Å². The van der Waals surface area contributed by atoms with Gasteiger partial charge in [-0.3, -0.25) is 4.79 Å². The Kier molecular flexibility index (Phi) is 2.54. The third-order valence-corrected chi connectivity index (χ3v) is 3.27. The minimum atomic E-state index is -0.389. The molecule has 0 aromatic carbocycles. The molecular weight excluding hydrogens is 166 g/mol. The van der Waals surface area contributed by atoms with Crippen LogP contribution in [0.25, 0.3) is 0 Å². The molecule has 2 unspecified atom stereocenters. The molecule has 0 spiro atoms. The largest absolute Gasteiger partial charge is 0.392 e. The molecule has 2 aliphatic rings. The molecule has 2 N–H and O–H groups in total. The first kappa shape index (κ1) is 9.00. The number of nitrogens with one attached hydrogen (secondary N) is 1. The normalized spacial score (nSPS) is 34.2. The number of carbonyl (C=O) groups is 1. The van der Waals surface area contributed by atoms with Gasteiger partial charge in [-0.05, 0) is 38.5 Å². The van der Waals surface area contributed by atoms with Crippen LogP contribution in [0.1, 0.15) is 38.5 Å². The Hall–Kier alpha value is -0.570. The molecule has 2 aliphatic carbocycles. The van der Waals surface area contributed by atoms with Crippen molar-refractivity contribution in [3.05, 3.63) is 0 Å². The Morgan fingerprint density at radius 3 is 2.31 bits per heavy atom. The number of hydrogen-bond donors (Lipinski definition) is 2. The molecule has 74 valence electrons. The summed E-state index contributed by atoms with van der Waals surface area (Å²) in [4.78, 5) is 11.6. The fourth-order valence-electron chi connectivity index (χ4n) is 2.11. The van der Waals surface area contributed by atoms with Crippen LogP contribution >= 0.6 is 0 Å². The first-order valence-electron chi connectivity index (χ1n) is 5.26. The van der Waals surface area contributed by atoms with Crippen molar-refractivity contribution >= 4 is 5.91 Å². The number of rotatable bonds is 2. The minimum absolute atomic E-state index is 0.0784. The second-order valence-corrected chi connectivity index (χ2v) is 4.24. The van der Waals surface area contributed by atoms with E-state index >= 15 is 0 Å². The maximum Gasteiger partial charge on any atom is 0.225 e. The van der Waals surface area contributed by atoms with Crippen LogP contribution in [0.2, 0.25) is 0 Å². The number of aliphatic hydroxyl groups is 1. The van der Waals surface area contributed by atoms with Crippen LogP contribution < -0.4 is 5.32 Å². The van der Waals surface area contributed by atoms with E-state index in [1.165, 1.54) is 6.42 Å². The molecule has 3 heteroatoms. The molecule has 0 bridgehead atoms. The summed E-state index contributed by atoms with van der Waals surface area (Å²) < 4.78 is 0. The van der Waals surface area contributed by atoms with E-state index in [0.29, 0.717) is 6.04 Å². The standard InChI is InChI=1S/C10H17NO2/c12-9-6-2-5-8(9)10(13)11-7-3-1-4-7/h7-9,12H,1-6H2,(H,11,13). The van der Waals surface area contributed by atoms with E-state index in [0.717, 1.165) is 32.1 Å². The van der Waals surface area contributed by atoms with E-state index in [1.807, 2.05) is 0 Å². The number of amides is 1. The van der Waals surface area contributed by atoms with Crippen molar-refractivity contribution in [3.8, 4) is 0 Å². The van der Waals surface area contributed by atoms with Crippen molar-refractivity contribution in [3.63, 3.8) is 0 Å². The molecule has 2 fully saturated rings. The van der Waals surface area contributed by atoms with Crippen LogP contribution in [-0.4, -0.2) is 23.2 Å². The molecule has 0 aliphatic heterocycles. The zero-order valence-corrected chi connectivity index (χ0v) is 7.83. The Morgan fingerprint density at radius 1 is 1.15 bits per heavy atom. The monoisotopic (exact) mass is 183 g/mol. The van der Waals surface area contributed by atoms with E-state index in [1.54, 1.807) is 0 Å². The fraction of sp³-hybridized carbons (Fsp3) is 0.900. The molecule has 0 radical (unpaired) electrons. The Labute approximate surface area is 78.5 Å². The van der Waals surface area contributed by atoms with Crippen LogP contribution in [0.5, 0.6) is 0 Å². The van der Waals surface area contributed by atoms with E-state index in [-0.39, 0.29) is 17.9 Å². The lowest BCUT2D eigenvalue weighted by Gasteiger charge is -2.28. The average molecular weight is 183 g/mol. The highest BCUT2D eigenvalue weighted by molar-refractivity contribution is 5.79. The van der Waals surface area contributed by atoms with Crippen LogP contribution in [0, 0.1) is 5.92 Å². The summed E-state index contributed by atoms with van der Waals surface area (Å²) in [6, 6.07) is 0.403. The van der Waals surface area contributed by atoms with Gasteiger partial charge in [0.15, 0.2) is 0 Å². The predicted octanol–water partition coefficient (Wildman–Crippen LogP) is 0.816. The van der Waals surface area contributed by atoms with Gasteiger partial charge < -0.3 is 10.4 Å². The van der Waals surface area contributed by atoms with Crippen molar-refractivity contribution < 1.29 is 9.90 Å². The molecule has 0 aromatic rings. The molecule has 0 heterocycles. The first-order chi connectivity index (χ1) is 6.27. The van der Waals surface area contributed by atoms with Gasteiger partial charge >= 0.3 is 0 Å². The predicted molar refractivity (Wildman–Crippen MR) is 49.1 cm³/mol. The van der Waals surface area contributed by atoms with Gasteiger partial charge in [-0.1, -0.05) is 0 Å². The van der Waals surface area contributed by atoms with Gasteiger partial charge in [0.2, 0.25) is 5.91 Å². The quantitative estimate of drug-likeness (QED) is 0.665. The van der Waals surface area contributed by atoms with Gasteiger partial charge in [-0.15, -0.1) is 0 Å². The topological polar surface area (TPSA) is 49.3 Å². The van der Waals surface area contributed by atoms with Crippen molar-refractivity contribution in [2.75, 3.05) is 0 Å². The van der Waals surface area contributed by atoms with Crippen LogP contribution in [0.15, 0.2) is 0 Å². The van der Waals surface area contributed by atoms with Gasteiger partial charge in [-0.2, -0.15) is 0 Å². The van der Waals surface area contributed by atoms with Crippen molar-refractivity contribution in [2.45, 2.75) is 50.7 Å².